The van der Waals surface area contributed by atoms with E-state index in [0.29, 0.717) is 7.11 Å². The van der Waals surface area contributed by atoms with Crippen molar-refractivity contribution < 1.29 is 54.5 Å². The first kappa shape index (κ1) is 25.4. The lowest BCUT2D eigenvalue weighted by atomic mass is 9.90. The predicted octanol–water partition coefficient (Wildman–Crippen LogP) is 4.09. The highest BCUT2D eigenvalue weighted by atomic mass is 19.4. The monoisotopic (exact) mass is 414 g/mol. The first-order chi connectivity index (χ1) is 11.9. The van der Waals surface area contributed by atoms with Crippen LogP contribution in [0.2, 0.25) is 0 Å². The van der Waals surface area contributed by atoms with Gasteiger partial charge in [0, 0.05) is 13.3 Å². The van der Waals surface area contributed by atoms with E-state index in [1.165, 1.54) is 20.8 Å². The number of esters is 2. The Hall–Kier alpha value is -1.59. The van der Waals surface area contributed by atoms with Crippen LogP contribution in [0.1, 0.15) is 40.5 Å². The summed E-state index contributed by atoms with van der Waals surface area (Å²) < 4.78 is 105. The van der Waals surface area contributed by atoms with Crippen molar-refractivity contribution in [3.63, 3.8) is 0 Å². The second-order valence-corrected chi connectivity index (χ2v) is 6.42. The van der Waals surface area contributed by atoms with Gasteiger partial charge in [0.25, 0.3) is 0 Å². The third-order valence-corrected chi connectivity index (χ3v) is 3.86. The highest BCUT2D eigenvalue weighted by Crippen LogP contribution is 2.41. The largest absolute Gasteiger partial charge is 0.468 e. The fourth-order valence-corrected chi connectivity index (χ4v) is 1.48. The predicted molar refractivity (Wildman–Crippen MR) is 77.1 cm³/mol. The van der Waals surface area contributed by atoms with Gasteiger partial charge in [0.15, 0.2) is 0 Å². The van der Waals surface area contributed by atoms with Gasteiger partial charge in [-0.05, 0) is 20.3 Å². The molecule has 0 spiro atoms. The molecule has 0 aromatic heterocycles. The van der Waals surface area contributed by atoms with Crippen LogP contribution in [0.3, 0.4) is 0 Å². The van der Waals surface area contributed by atoms with E-state index in [2.05, 4.69) is 14.2 Å². The molecule has 0 aliphatic rings. The van der Waals surface area contributed by atoms with Crippen molar-refractivity contribution in [3.8, 4) is 0 Å². The van der Waals surface area contributed by atoms with Gasteiger partial charge in [-0.1, -0.05) is 6.92 Å². The fraction of sp³-hybridized carbons (Fsp3) is 0.867. The lowest BCUT2D eigenvalue weighted by Crippen LogP contribution is -2.59. The molecule has 1 atom stereocenters. The molecule has 0 N–H and O–H groups in total. The third kappa shape index (κ3) is 5.69. The quantitative estimate of drug-likeness (QED) is 0.323. The standard InChI is InChI=1S/C15H21F7O5/c1-6-11(2,3)9(23)27-14(10(24)25-5,15(20,21)22)26-8-7-13(18,19)12(4,16)17/h6-8H2,1-5H3. The summed E-state index contributed by atoms with van der Waals surface area (Å²) in [6, 6.07) is 0. The van der Waals surface area contributed by atoms with Crippen LogP contribution in [0, 0.1) is 5.41 Å². The first-order valence-corrected chi connectivity index (χ1v) is 7.66. The average molecular weight is 414 g/mol. The lowest BCUT2D eigenvalue weighted by Gasteiger charge is -2.35. The summed E-state index contributed by atoms with van der Waals surface area (Å²) in [6.07, 6.45) is -7.61. The van der Waals surface area contributed by atoms with Crippen LogP contribution >= 0.6 is 0 Å². The zero-order chi connectivity index (χ0) is 21.9. The van der Waals surface area contributed by atoms with E-state index in [4.69, 9.17) is 0 Å². The summed E-state index contributed by atoms with van der Waals surface area (Å²) in [5, 5.41) is 0. The van der Waals surface area contributed by atoms with Gasteiger partial charge in [-0.25, -0.2) is 13.6 Å². The van der Waals surface area contributed by atoms with Crippen LogP contribution in [0.5, 0.6) is 0 Å². The lowest BCUT2D eigenvalue weighted by molar-refractivity contribution is -0.359. The Labute approximate surface area is 151 Å². The number of methoxy groups -OCH3 is 1. The van der Waals surface area contributed by atoms with Crippen molar-refractivity contribution in [1.82, 2.24) is 0 Å². The molecule has 0 heterocycles. The molecule has 0 amide bonds. The van der Waals surface area contributed by atoms with Crippen molar-refractivity contribution in [1.29, 1.82) is 0 Å². The molecule has 0 saturated carbocycles. The number of halogens is 7. The average Bonchev–Trinajstić information content (AvgIpc) is 2.50. The van der Waals surface area contributed by atoms with Gasteiger partial charge in [-0.15, -0.1) is 0 Å². The molecule has 0 rings (SSSR count). The minimum absolute atomic E-state index is 0.00106. The van der Waals surface area contributed by atoms with Crippen molar-refractivity contribution >= 4 is 11.9 Å². The molecule has 1 unspecified atom stereocenters. The molecule has 0 bridgehead atoms. The minimum Gasteiger partial charge on any atom is -0.464 e. The van der Waals surface area contributed by atoms with E-state index in [-0.39, 0.29) is 13.3 Å². The van der Waals surface area contributed by atoms with Crippen molar-refractivity contribution in [2.45, 2.75) is 64.3 Å². The maximum atomic E-state index is 13.5. The van der Waals surface area contributed by atoms with Crippen LogP contribution < -0.4 is 0 Å². The Bertz CT molecular complexity index is 540. The van der Waals surface area contributed by atoms with Crippen LogP contribution in [0.25, 0.3) is 0 Å². The third-order valence-electron chi connectivity index (χ3n) is 3.86. The van der Waals surface area contributed by atoms with Gasteiger partial charge in [-0.3, -0.25) is 4.79 Å². The summed E-state index contributed by atoms with van der Waals surface area (Å²) in [5.74, 6) is -17.4. The molecule has 0 saturated heterocycles. The Morgan fingerprint density at radius 2 is 1.37 bits per heavy atom. The molecule has 5 nitrogen and oxygen atoms in total. The van der Waals surface area contributed by atoms with E-state index in [0.717, 1.165) is 0 Å². The van der Waals surface area contributed by atoms with E-state index in [1.807, 2.05) is 0 Å². The molecule has 0 aliphatic carbocycles. The molecule has 0 aromatic rings. The van der Waals surface area contributed by atoms with E-state index in [9.17, 15) is 40.3 Å². The van der Waals surface area contributed by atoms with Crippen LogP contribution in [0.4, 0.5) is 30.7 Å². The maximum Gasteiger partial charge on any atom is 0.468 e. The molecule has 0 fully saturated rings. The van der Waals surface area contributed by atoms with Crippen molar-refractivity contribution in [2.24, 2.45) is 5.41 Å². The maximum absolute atomic E-state index is 13.5. The summed E-state index contributed by atoms with van der Waals surface area (Å²) in [6.45, 7) is 2.05. The van der Waals surface area contributed by atoms with Crippen molar-refractivity contribution in [3.05, 3.63) is 0 Å². The summed E-state index contributed by atoms with van der Waals surface area (Å²) in [5.41, 5.74) is -1.49. The smallest absolute Gasteiger partial charge is 0.464 e. The topological polar surface area (TPSA) is 61.8 Å². The second kappa shape index (κ2) is 8.19. The number of carbonyl (C=O) groups excluding carboxylic acids is 2. The van der Waals surface area contributed by atoms with E-state index >= 15 is 0 Å². The molecular formula is C15H21F7O5. The van der Waals surface area contributed by atoms with Crippen LogP contribution in [-0.2, 0) is 23.8 Å². The Balaban J connectivity index is 5.80. The Morgan fingerprint density at radius 1 is 0.889 bits per heavy atom. The SMILES string of the molecule is CCC(C)(C)C(=O)OC(OCCC(F)(F)C(C)(F)F)(C(=O)OC)C(F)(F)F. The van der Waals surface area contributed by atoms with Gasteiger partial charge in [-0.2, -0.15) is 22.0 Å². The number of rotatable bonds is 9. The number of hydrogen-bond donors (Lipinski definition) is 0. The molecule has 12 heteroatoms. The van der Waals surface area contributed by atoms with E-state index < -0.39 is 54.2 Å². The molecule has 0 aromatic carbocycles. The van der Waals surface area contributed by atoms with Gasteiger partial charge >= 0.3 is 35.7 Å². The number of alkyl halides is 7. The molecule has 160 valence electrons. The Morgan fingerprint density at radius 3 is 1.70 bits per heavy atom. The minimum atomic E-state index is -5.73. The fourth-order valence-electron chi connectivity index (χ4n) is 1.48. The van der Waals surface area contributed by atoms with Gasteiger partial charge < -0.3 is 14.2 Å². The second-order valence-electron chi connectivity index (χ2n) is 6.42. The normalized spacial score (nSPS) is 15.9. The zero-order valence-electron chi connectivity index (χ0n) is 15.3. The summed E-state index contributed by atoms with van der Waals surface area (Å²) in [4.78, 5) is 23.7. The first-order valence-electron chi connectivity index (χ1n) is 7.66. The van der Waals surface area contributed by atoms with Crippen molar-refractivity contribution in [2.75, 3.05) is 13.7 Å². The molecule has 27 heavy (non-hydrogen) atoms. The number of hydrogen-bond acceptors (Lipinski definition) is 5. The summed E-state index contributed by atoms with van der Waals surface area (Å²) >= 11 is 0. The van der Waals surface area contributed by atoms with Crippen LogP contribution in [0.15, 0.2) is 0 Å². The summed E-state index contributed by atoms with van der Waals surface area (Å²) in [7, 11) is 0.514. The number of carbonyl (C=O) groups is 2. The van der Waals surface area contributed by atoms with Crippen LogP contribution in [-0.4, -0.2) is 49.5 Å². The molecular weight excluding hydrogens is 393 g/mol. The highest BCUT2D eigenvalue weighted by Gasteiger charge is 2.68. The van der Waals surface area contributed by atoms with Gasteiger partial charge in [0.1, 0.15) is 0 Å². The molecule has 0 aliphatic heterocycles. The zero-order valence-corrected chi connectivity index (χ0v) is 15.3. The highest BCUT2D eigenvalue weighted by molar-refractivity contribution is 5.84. The van der Waals surface area contributed by atoms with E-state index in [1.54, 1.807) is 0 Å². The number of ether oxygens (including phenoxy) is 3. The van der Waals surface area contributed by atoms with Gasteiger partial charge in [0.05, 0.1) is 19.1 Å². The Kier molecular flexibility index (Phi) is 7.71. The van der Waals surface area contributed by atoms with Gasteiger partial charge in [0.2, 0.25) is 0 Å². The molecule has 0 radical (unpaired) electrons.